The Morgan fingerprint density at radius 1 is 1.47 bits per heavy atom. The number of phenolic OH excluding ortho intramolecular Hbond substituents is 1. The van der Waals surface area contributed by atoms with E-state index in [0.29, 0.717) is 0 Å². The second kappa shape index (κ2) is 3.55. The Bertz CT molecular complexity index is 528. The van der Waals surface area contributed by atoms with Crippen LogP contribution in [0.4, 0.5) is 0 Å². The maximum Gasteiger partial charge on any atom is 0.307 e. The molecule has 0 radical (unpaired) electrons. The predicted octanol–water partition coefficient (Wildman–Crippen LogP) is 2.54. The van der Waals surface area contributed by atoms with E-state index in [-0.39, 0.29) is 12.2 Å². The summed E-state index contributed by atoms with van der Waals surface area (Å²) >= 11 is 1.46. The Kier molecular flexibility index (Phi) is 2.36. The van der Waals surface area contributed by atoms with Crippen LogP contribution in [-0.2, 0) is 11.2 Å². The molecule has 0 spiro atoms. The first-order valence-electron chi connectivity index (χ1n) is 4.49. The minimum absolute atomic E-state index is 0.0333. The SMILES string of the molecule is Cc1cc(O)cc2scc(CC(=O)O)c12. The quantitative estimate of drug-likeness (QED) is 0.821. The number of aliphatic carboxylic acids is 1. The minimum Gasteiger partial charge on any atom is -0.508 e. The second-order valence-electron chi connectivity index (χ2n) is 3.47. The molecule has 3 nitrogen and oxygen atoms in total. The normalized spacial score (nSPS) is 10.7. The number of carboxylic acids is 1. The van der Waals surface area contributed by atoms with Crippen molar-refractivity contribution in [3.8, 4) is 5.75 Å². The number of aryl methyl sites for hydroxylation is 1. The van der Waals surface area contributed by atoms with Gasteiger partial charge in [-0.05, 0) is 40.9 Å². The van der Waals surface area contributed by atoms with Gasteiger partial charge in [0.05, 0.1) is 6.42 Å². The lowest BCUT2D eigenvalue weighted by Crippen LogP contribution is -1.99. The van der Waals surface area contributed by atoms with Crippen LogP contribution in [0.25, 0.3) is 10.1 Å². The summed E-state index contributed by atoms with van der Waals surface area (Å²) in [5.41, 5.74) is 1.74. The predicted molar refractivity (Wildman–Crippen MR) is 59.6 cm³/mol. The van der Waals surface area contributed by atoms with Crippen LogP contribution >= 0.6 is 11.3 Å². The van der Waals surface area contributed by atoms with Crippen LogP contribution in [0.15, 0.2) is 17.5 Å². The number of carbonyl (C=O) groups is 1. The van der Waals surface area contributed by atoms with E-state index in [1.165, 1.54) is 11.3 Å². The van der Waals surface area contributed by atoms with Gasteiger partial charge in [-0.2, -0.15) is 0 Å². The first-order valence-corrected chi connectivity index (χ1v) is 5.37. The topological polar surface area (TPSA) is 57.5 Å². The van der Waals surface area contributed by atoms with Gasteiger partial charge in [-0.15, -0.1) is 11.3 Å². The summed E-state index contributed by atoms with van der Waals surface area (Å²) in [6.45, 7) is 1.88. The summed E-state index contributed by atoms with van der Waals surface area (Å²) < 4.78 is 0.934. The zero-order valence-corrected chi connectivity index (χ0v) is 8.97. The summed E-state index contributed by atoms with van der Waals surface area (Å²) in [4.78, 5) is 10.6. The molecule has 0 fully saturated rings. The zero-order valence-electron chi connectivity index (χ0n) is 8.15. The van der Waals surface area contributed by atoms with Gasteiger partial charge in [-0.3, -0.25) is 4.79 Å². The third-order valence-electron chi connectivity index (χ3n) is 2.28. The molecule has 2 rings (SSSR count). The molecule has 0 amide bonds. The summed E-state index contributed by atoms with van der Waals surface area (Å²) in [5, 5.41) is 20.9. The lowest BCUT2D eigenvalue weighted by Gasteiger charge is -2.01. The first-order chi connectivity index (χ1) is 7.08. The molecule has 0 unspecified atom stereocenters. The van der Waals surface area contributed by atoms with Gasteiger partial charge in [0.2, 0.25) is 0 Å². The Morgan fingerprint density at radius 3 is 2.87 bits per heavy atom. The number of hydrogen-bond acceptors (Lipinski definition) is 3. The van der Waals surface area contributed by atoms with Crippen molar-refractivity contribution in [1.82, 2.24) is 0 Å². The minimum atomic E-state index is -0.831. The highest BCUT2D eigenvalue weighted by atomic mass is 32.1. The maximum atomic E-state index is 10.6. The Morgan fingerprint density at radius 2 is 2.20 bits per heavy atom. The fraction of sp³-hybridized carbons (Fsp3) is 0.182. The van der Waals surface area contributed by atoms with Crippen LogP contribution in [0.3, 0.4) is 0 Å². The molecule has 4 heteroatoms. The van der Waals surface area contributed by atoms with Crippen molar-refractivity contribution in [2.75, 3.05) is 0 Å². The fourth-order valence-corrected chi connectivity index (χ4v) is 2.80. The molecule has 0 aliphatic heterocycles. The maximum absolute atomic E-state index is 10.6. The van der Waals surface area contributed by atoms with E-state index in [2.05, 4.69) is 0 Å². The molecule has 0 atom stereocenters. The number of phenols is 1. The highest BCUT2D eigenvalue weighted by Gasteiger charge is 2.10. The van der Waals surface area contributed by atoms with E-state index in [9.17, 15) is 9.90 Å². The molecule has 1 heterocycles. The summed E-state index contributed by atoms with van der Waals surface area (Å²) in [6, 6.07) is 3.32. The van der Waals surface area contributed by atoms with Crippen LogP contribution in [0.2, 0.25) is 0 Å². The van der Waals surface area contributed by atoms with Crippen LogP contribution < -0.4 is 0 Å². The van der Waals surface area contributed by atoms with Gasteiger partial charge in [0.1, 0.15) is 5.75 Å². The zero-order chi connectivity index (χ0) is 11.0. The Balaban J connectivity index is 2.63. The number of thiophene rings is 1. The summed E-state index contributed by atoms with van der Waals surface area (Å²) in [5.74, 6) is -0.606. The summed E-state index contributed by atoms with van der Waals surface area (Å²) in [7, 11) is 0. The van der Waals surface area contributed by atoms with E-state index >= 15 is 0 Å². The molecule has 0 saturated heterocycles. The van der Waals surface area contributed by atoms with Gasteiger partial charge >= 0.3 is 5.97 Å². The molecule has 1 aromatic carbocycles. The third-order valence-corrected chi connectivity index (χ3v) is 3.25. The molecule has 78 valence electrons. The molecular formula is C11H10O3S. The lowest BCUT2D eigenvalue weighted by molar-refractivity contribution is -0.136. The number of rotatable bonds is 2. The van der Waals surface area contributed by atoms with E-state index in [4.69, 9.17) is 5.11 Å². The van der Waals surface area contributed by atoms with Crippen LogP contribution in [0, 0.1) is 6.92 Å². The lowest BCUT2D eigenvalue weighted by atomic mass is 10.1. The Hall–Kier alpha value is -1.55. The van der Waals surface area contributed by atoms with Crippen molar-refractivity contribution < 1.29 is 15.0 Å². The van der Waals surface area contributed by atoms with Gasteiger partial charge in [0, 0.05) is 4.70 Å². The molecule has 1 aromatic heterocycles. The average Bonchev–Trinajstić information content (AvgIpc) is 2.46. The molecule has 0 aliphatic rings. The van der Waals surface area contributed by atoms with Crippen LogP contribution in [0.1, 0.15) is 11.1 Å². The number of fused-ring (bicyclic) bond motifs is 1. The highest BCUT2D eigenvalue weighted by Crippen LogP contribution is 2.32. The fourth-order valence-electron chi connectivity index (χ4n) is 1.73. The Labute approximate surface area is 90.6 Å². The molecular weight excluding hydrogens is 212 g/mol. The van der Waals surface area contributed by atoms with Crippen molar-refractivity contribution in [1.29, 1.82) is 0 Å². The van der Waals surface area contributed by atoms with E-state index < -0.39 is 5.97 Å². The van der Waals surface area contributed by atoms with Gasteiger partial charge in [0.25, 0.3) is 0 Å². The van der Waals surface area contributed by atoms with Gasteiger partial charge in [0.15, 0.2) is 0 Å². The van der Waals surface area contributed by atoms with E-state index in [1.54, 1.807) is 12.1 Å². The first kappa shape index (κ1) is 9.98. The molecule has 0 aliphatic carbocycles. The molecule has 0 bridgehead atoms. The second-order valence-corrected chi connectivity index (χ2v) is 4.38. The van der Waals surface area contributed by atoms with Gasteiger partial charge in [-0.25, -0.2) is 0 Å². The van der Waals surface area contributed by atoms with Crippen molar-refractivity contribution >= 4 is 27.4 Å². The molecule has 0 saturated carbocycles. The van der Waals surface area contributed by atoms with Gasteiger partial charge in [-0.1, -0.05) is 0 Å². The van der Waals surface area contributed by atoms with Crippen molar-refractivity contribution in [2.45, 2.75) is 13.3 Å². The number of carboxylic acid groups (broad SMARTS) is 1. The third kappa shape index (κ3) is 1.80. The molecule has 2 aromatic rings. The van der Waals surface area contributed by atoms with Crippen molar-refractivity contribution in [3.05, 3.63) is 28.6 Å². The van der Waals surface area contributed by atoms with Crippen molar-refractivity contribution in [2.24, 2.45) is 0 Å². The monoisotopic (exact) mass is 222 g/mol. The van der Waals surface area contributed by atoms with E-state index in [1.807, 2.05) is 12.3 Å². The summed E-state index contributed by atoms with van der Waals surface area (Å²) in [6.07, 6.45) is 0.0333. The smallest absolute Gasteiger partial charge is 0.307 e. The average molecular weight is 222 g/mol. The number of benzene rings is 1. The van der Waals surface area contributed by atoms with Crippen molar-refractivity contribution in [3.63, 3.8) is 0 Å². The van der Waals surface area contributed by atoms with Gasteiger partial charge < -0.3 is 10.2 Å². The number of aromatic hydroxyl groups is 1. The van der Waals surface area contributed by atoms with Crippen LogP contribution in [0.5, 0.6) is 5.75 Å². The number of hydrogen-bond donors (Lipinski definition) is 2. The van der Waals surface area contributed by atoms with E-state index in [0.717, 1.165) is 21.2 Å². The molecule has 15 heavy (non-hydrogen) atoms. The molecule has 2 N–H and O–H groups in total. The van der Waals surface area contributed by atoms with Crippen LogP contribution in [-0.4, -0.2) is 16.2 Å². The highest BCUT2D eigenvalue weighted by molar-refractivity contribution is 7.17. The largest absolute Gasteiger partial charge is 0.508 e. The standard InChI is InChI=1S/C11H10O3S/c1-6-2-8(12)4-9-11(6)7(5-15-9)3-10(13)14/h2,4-5,12H,3H2,1H3,(H,13,14).